The van der Waals surface area contributed by atoms with E-state index in [9.17, 15) is 24.3 Å². The summed E-state index contributed by atoms with van der Waals surface area (Å²) in [5.74, 6) is -5.64. The highest BCUT2D eigenvalue weighted by atomic mass is 19.1. The topological polar surface area (TPSA) is 163 Å². The van der Waals surface area contributed by atoms with Crippen molar-refractivity contribution < 1.29 is 52.4 Å². The molecule has 2 N–H and O–H groups in total. The van der Waals surface area contributed by atoms with E-state index in [1.165, 1.54) is 18.9 Å². The molecule has 13 nitrogen and oxygen atoms in total. The lowest BCUT2D eigenvalue weighted by atomic mass is 9.73. The molecule has 2 unspecified atom stereocenters. The van der Waals surface area contributed by atoms with Crippen LogP contribution in [0.3, 0.4) is 0 Å². The van der Waals surface area contributed by atoms with Crippen LogP contribution in [0.2, 0.25) is 0 Å². The number of cyclic esters (lactones) is 1. The Labute approximate surface area is 331 Å². The van der Waals surface area contributed by atoms with E-state index in [1.807, 2.05) is 25.3 Å². The third-order valence-electron chi connectivity index (χ3n) is 12.4. The van der Waals surface area contributed by atoms with Crippen molar-refractivity contribution >= 4 is 23.6 Å². The van der Waals surface area contributed by atoms with Gasteiger partial charge in [-0.15, -0.1) is 6.58 Å². The Hall–Kier alpha value is -3.30. The van der Waals surface area contributed by atoms with Gasteiger partial charge in [0.25, 0.3) is 5.67 Å². The average Bonchev–Trinajstić information content (AvgIpc) is 3.43. The number of ether oxygens (including phenoxy) is 5. The highest BCUT2D eigenvalue weighted by Gasteiger charge is 2.61. The first-order valence-electron chi connectivity index (χ1n) is 20.0. The quantitative estimate of drug-likeness (QED) is 0.156. The summed E-state index contributed by atoms with van der Waals surface area (Å²) in [6.07, 6.45) is 0.943. The number of pyridine rings is 1. The second-order valence-electron chi connectivity index (χ2n) is 16.7. The van der Waals surface area contributed by atoms with Gasteiger partial charge in [-0.3, -0.25) is 14.6 Å². The van der Waals surface area contributed by atoms with Crippen LogP contribution >= 0.6 is 0 Å². The van der Waals surface area contributed by atoms with Gasteiger partial charge in [-0.05, 0) is 77.3 Å². The Bertz CT molecular complexity index is 1550. The number of rotatable bonds is 12. The number of ketones is 2. The van der Waals surface area contributed by atoms with Crippen LogP contribution in [0.1, 0.15) is 106 Å². The molecule has 0 radical (unpaired) electrons. The zero-order chi connectivity index (χ0) is 41.7. The fourth-order valence-corrected chi connectivity index (χ4v) is 9.06. The van der Waals surface area contributed by atoms with Crippen molar-refractivity contribution in [3.8, 4) is 0 Å². The number of aromatic nitrogens is 1. The molecule has 1 aromatic rings. The summed E-state index contributed by atoms with van der Waals surface area (Å²) in [6, 6.07) is 2.50. The molecule has 4 rings (SSSR count). The third-order valence-corrected chi connectivity index (χ3v) is 12.4. The molecule has 0 aromatic carbocycles. The van der Waals surface area contributed by atoms with Gasteiger partial charge in [-0.25, -0.2) is 14.0 Å². The molecule has 1 aromatic heterocycles. The smallest absolute Gasteiger partial charge is 0.410 e. The standard InChI is InChI=1S/C42H64FN3O10/c1-12-18-45-30-21-26(5)53-37(33(30)48)55-36-28(7)35(49)41(9,43)38(50)54-31(13-2)42(10)34(27(6)32(47)25(4)22-40(36,8)52-11)46(39(51)56-42)20-15-16-24(3)29-17-14-19-44-23-29/h12,14,17,19,23-28,30-31,33-34,36-37,45,48H,1,13,15-16,18,20-22H2,2-11H3/t24?,25-,26-,27+,28-,30+,31-,33+,34?,36-,37+,40-,41+,42-/m1/s1. The van der Waals surface area contributed by atoms with Crippen LogP contribution in [0.4, 0.5) is 9.18 Å². The molecule has 14 heteroatoms. The molecule has 1 amide bonds. The minimum atomic E-state index is -3.18. The molecule has 3 saturated heterocycles. The molecule has 0 bridgehead atoms. The zero-order valence-corrected chi connectivity index (χ0v) is 34.8. The number of esters is 1. The van der Waals surface area contributed by atoms with Crippen molar-refractivity contribution in [3.05, 3.63) is 42.7 Å². The summed E-state index contributed by atoms with van der Waals surface area (Å²) < 4.78 is 47.4. The summed E-state index contributed by atoms with van der Waals surface area (Å²) in [6.45, 7) is 19.0. The second kappa shape index (κ2) is 18.5. The fraction of sp³-hybridized carbons (Fsp3) is 0.738. The number of Topliss-reactive ketones (excluding diaryl/α,β-unsaturated/α-hetero) is 2. The number of carbonyl (C=O) groups excluding carboxylic acids is 4. The predicted molar refractivity (Wildman–Crippen MR) is 206 cm³/mol. The third kappa shape index (κ3) is 9.36. The molecule has 3 aliphatic heterocycles. The van der Waals surface area contributed by atoms with Crippen LogP contribution in [0.5, 0.6) is 0 Å². The van der Waals surface area contributed by atoms with Crippen molar-refractivity contribution in [1.82, 2.24) is 15.2 Å². The van der Waals surface area contributed by atoms with E-state index in [0.29, 0.717) is 25.8 Å². The van der Waals surface area contributed by atoms with Crippen molar-refractivity contribution in [2.45, 2.75) is 160 Å². The number of fused-ring (bicyclic) bond motifs is 1. The summed E-state index contributed by atoms with van der Waals surface area (Å²) in [4.78, 5) is 62.3. The Morgan fingerprint density at radius 3 is 2.46 bits per heavy atom. The molecule has 14 atom stereocenters. The number of alkyl halides is 1. The maximum atomic E-state index is 16.9. The number of hydrogen-bond donors (Lipinski definition) is 2. The Morgan fingerprint density at radius 1 is 1.16 bits per heavy atom. The summed E-state index contributed by atoms with van der Waals surface area (Å²) >= 11 is 0. The molecule has 4 heterocycles. The minimum Gasteiger partial charge on any atom is -0.455 e. The monoisotopic (exact) mass is 789 g/mol. The van der Waals surface area contributed by atoms with Crippen LogP contribution in [0.15, 0.2) is 37.2 Å². The van der Waals surface area contributed by atoms with Crippen molar-refractivity contribution in [2.75, 3.05) is 20.2 Å². The van der Waals surface area contributed by atoms with Gasteiger partial charge < -0.3 is 39.0 Å². The van der Waals surface area contributed by atoms with Gasteiger partial charge in [0.05, 0.1) is 23.9 Å². The average molecular weight is 790 g/mol. The lowest BCUT2D eigenvalue weighted by molar-refractivity contribution is -0.290. The number of methoxy groups -OCH3 is 1. The van der Waals surface area contributed by atoms with Gasteiger partial charge in [0.15, 0.2) is 17.7 Å². The normalized spacial score (nSPS) is 39.3. The molecule has 314 valence electrons. The van der Waals surface area contributed by atoms with E-state index < -0.39 is 89.2 Å². The van der Waals surface area contributed by atoms with Crippen LogP contribution in [0.25, 0.3) is 0 Å². The number of nitrogens with zero attached hydrogens (tertiary/aromatic N) is 2. The highest BCUT2D eigenvalue weighted by Crippen LogP contribution is 2.44. The van der Waals surface area contributed by atoms with E-state index in [4.69, 9.17) is 23.7 Å². The lowest BCUT2D eigenvalue weighted by Gasteiger charge is -2.46. The molecular formula is C42H64FN3O10. The van der Waals surface area contributed by atoms with Crippen molar-refractivity contribution in [1.29, 1.82) is 0 Å². The predicted octanol–water partition coefficient (Wildman–Crippen LogP) is 5.48. The SMILES string of the molecule is C=CCN[C@H]1C[C@@H](C)O[C@@H](O[C@@H]2[C@H](C)C(=O)[C@](C)(F)C(=O)O[C@H](CC)[C@@]3(C)OC(=O)N(CCCC(C)c4cccnc4)C3[C@@H](C)C(=O)[C@H](C)C[C@@]2(C)OC)[C@H]1O. The molecule has 0 spiro atoms. The van der Waals surface area contributed by atoms with Crippen LogP contribution in [-0.2, 0) is 38.1 Å². The molecule has 0 aliphatic carbocycles. The van der Waals surface area contributed by atoms with Gasteiger partial charge in [-0.2, -0.15) is 0 Å². The summed E-state index contributed by atoms with van der Waals surface area (Å²) in [5, 5.41) is 14.6. The lowest BCUT2D eigenvalue weighted by Crippen LogP contribution is -2.62. The van der Waals surface area contributed by atoms with Crippen LogP contribution < -0.4 is 5.32 Å². The minimum absolute atomic E-state index is 0.00299. The first kappa shape index (κ1) is 45.4. The number of halogens is 1. The molecule has 56 heavy (non-hydrogen) atoms. The van der Waals surface area contributed by atoms with Gasteiger partial charge in [-0.1, -0.05) is 46.8 Å². The molecule has 0 saturated carbocycles. The number of aliphatic hydroxyl groups excluding tert-OH is 1. The second-order valence-corrected chi connectivity index (χ2v) is 16.7. The van der Waals surface area contributed by atoms with Crippen LogP contribution in [-0.4, -0.2) is 118 Å². The first-order chi connectivity index (χ1) is 26.3. The van der Waals surface area contributed by atoms with Gasteiger partial charge in [0.1, 0.15) is 18.0 Å². The maximum Gasteiger partial charge on any atom is 0.410 e. The van der Waals surface area contributed by atoms with Crippen molar-refractivity contribution in [3.63, 3.8) is 0 Å². The van der Waals surface area contributed by atoms with Gasteiger partial charge in [0, 0.05) is 56.4 Å². The maximum absolute atomic E-state index is 16.9. The summed E-state index contributed by atoms with van der Waals surface area (Å²) in [5.41, 5.74) is -5.15. The van der Waals surface area contributed by atoms with E-state index in [0.717, 1.165) is 12.5 Å². The molecule has 3 fully saturated rings. The Balaban J connectivity index is 1.74. The highest BCUT2D eigenvalue weighted by molar-refractivity contribution is 6.08. The van der Waals surface area contributed by atoms with Gasteiger partial charge in [0.2, 0.25) is 0 Å². The van der Waals surface area contributed by atoms with Crippen LogP contribution in [0, 0.1) is 17.8 Å². The first-order valence-corrected chi connectivity index (χ1v) is 20.0. The van der Waals surface area contributed by atoms with E-state index in [1.54, 1.807) is 46.9 Å². The van der Waals surface area contributed by atoms with Gasteiger partial charge >= 0.3 is 12.1 Å². The number of hydrogen-bond acceptors (Lipinski definition) is 12. The molecule has 3 aliphatic rings. The summed E-state index contributed by atoms with van der Waals surface area (Å²) in [7, 11) is 1.40. The van der Waals surface area contributed by atoms with E-state index in [-0.39, 0.29) is 37.2 Å². The largest absolute Gasteiger partial charge is 0.455 e. The van der Waals surface area contributed by atoms with E-state index in [2.05, 4.69) is 23.8 Å². The van der Waals surface area contributed by atoms with Crippen molar-refractivity contribution in [2.24, 2.45) is 17.8 Å². The number of aliphatic hydroxyl groups is 1. The Morgan fingerprint density at radius 2 is 1.86 bits per heavy atom. The number of carbonyl (C=O) groups is 4. The zero-order valence-electron chi connectivity index (χ0n) is 34.8. The number of amides is 1. The van der Waals surface area contributed by atoms with E-state index >= 15 is 4.39 Å². The molecular weight excluding hydrogens is 725 g/mol. The Kier molecular flexibility index (Phi) is 15.0. The number of nitrogens with one attached hydrogen (secondary N) is 1. The fourth-order valence-electron chi connectivity index (χ4n) is 9.06.